The van der Waals surface area contributed by atoms with E-state index in [-0.39, 0.29) is 29.4 Å². The molecular formula is C21H24ClNO6. The predicted molar refractivity (Wildman–Crippen MR) is 109 cm³/mol. The van der Waals surface area contributed by atoms with E-state index in [0.717, 1.165) is 30.2 Å². The molecule has 156 valence electrons. The minimum absolute atomic E-state index is 0.0571. The third-order valence-corrected chi connectivity index (χ3v) is 4.79. The van der Waals surface area contributed by atoms with Gasteiger partial charge in [0.05, 0.1) is 11.4 Å². The second kappa shape index (κ2) is 8.45. The van der Waals surface area contributed by atoms with Crippen molar-refractivity contribution in [3.8, 4) is 5.75 Å². The number of hydrogen-bond donors (Lipinski definition) is 1. The molecule has 1 heterocycles. The molecule has 29 heavy (non-hydrogen) atoms. The van der Waals surface area contributed by atoms with Crippen molar-refractivity contribution in [1.82, 2.24) is 5.32 Å². The summed E-state index contributed by atoms with van der Waals surface area (Å²) in [5.74, 6) is -0.469. The van der Waals surface area contributed by atoms with E-state index < -0.39 is 17.7 Å². The summed E-state index contributed by atoms with van der Waals surface area (Å²) in [5, 5.41) is 3.52. The van der Waals surface area contributed by atoms with Gasteiger partial charge < -0.3 is 19.2 Å². The highest BCUT2D eigenvalue weighted by atomic mass is 35.5. The van der Waals surface area contributed by atoms with E-state index >= 15 is 0 Å². The summed E-state index contributed by atoms with van der Waals surface area (Å²) in [7, 11) is 0. The van der Waals surface area contributed by atoms with Gasteiger partial charge in [-0.15, -0.1) is 0 Å². The molecule has 0 fully saturated rings. The largest absolute Gasteiger partial charge is 0.444 e. The molecule has 0 aliphatic heterocycles. The van der Waals surface area contributed by atoms with E-state index in [1.165, 1.54) is 6.07 Å². The zero-order valence-corrected chi connectivity index (χ0v) is 17.5. The van der Waals surface area contributed by atoms with Gasteiger partial charge in [-0.3, -0.25) is 4.79 Å². The molecule has 1 N–H and O–H groups in total. The van der Waals surface area contributed by atoms with Gasteiger partial charge in [-0.2, -0.15) is 0 Å². The molecule has 0 unspecified atom stereocenters. The molecule has 1 aromatic heterocycles. The summed E-state index contributed by atoms with van der Waals surface area (Å²) in [6.07, 6.45) is 2.78. The van der Waals surface area contributed by atoms with Crippen LogP contribution in [0.25, 0.3) is 11.0 Å². The van der Waals surface area contributed by atoms with Crippen molar-refractivity contribution in [3.63, 3.8) is 0 Å². The zero-order chi connectivity index (χ0) is 21.2. The number of rotatable bonds is 4. The fourth-order valence-electron chi connectivity index (χ4n) is 3.28. The van der Waals surface area contributed by atoms with E-state index in [1.807, 2.05) is 0 Å². The number of hydrogen-bond acceptors (Lipinski definition) is 6. The highest BCUT2D eigenvalue weighted by molar-refractivity contribution is 6.33. The molecule has 0 radical (unpaired) electrons. The number of halogens is 1. The summed E-state index contributed by atoms with van der Waals surface area (Å²) >= 11 is 6.30. The lowest BCUT2D eigenvalue weighted by Gasteiger charge is -2.19. The van der Waals surface area contributed by atoms with Gasteiger partial charge in [0, 0.05) is 23.6 Å². The van der Waals surface area contributed by atoms with Crippen LogP contribution in [0, 0.1) is 0 Å². The van der Waals surface area contributed by atoms with Gasteiger partial charge in [-0.25, -0.2) is 9.59 Å². The van der Waals surface area contributed by atoms with Crippen LogP contribution in [-0.2, 0) is 22.4 Å². The van der Waals surface area contributed by atoms with E-state index in [9.17, 15) is 14.4 Å². The maximum atomic E-state index is 12.2. The van der Waals surface area contributed by atoms with Crippen LogP contribution in [0.5, 0.6) is 5.75 Å². The minimum atomic E-state index is -0.619. The Balaban J connectivity index is 1.69. The number of nitrogens with one attached hydrogen (secondary N) is 1. The van der Waals surface area contributed by atoms with Gasteiger partial charge in [-0.1, -0.05) is 11.6 Å². The normalized spacial score (nSPS) is 13.7. The number of esters is 1. The van der Waals surface area contributed by atoms with Crippen LogP contribution >= 0.6 is 11.6 Å². The van der Waals surface area contributed by atoms with Gasteiger partial charge >= 0.3 is 17.7 Å². The van der Waals surface area contributed by atoms with Crippen LogP contribution in [0.15, 0.2) is 21.3 Å². The molecule has 1 aliphatic rings. The lowest BCUT2D eigenvalue weighted by Crippen LogP contribution is -2.34. The molecule has 0 saturated heterocycles. The Hall–Kier alpha value is -2.54. The predicted octanol–water partition coefficient (Wildman–Crippen LogP) is 4.15. The van der Waals surface area contributed by atoms with Crippen LogP contribution in [-0.4, -0.2) is 24.2 Å². The summed E-state index contributed by atoms with van der Waals surface area (Å²) in [4.78, 5) is 35.9. The molecule has 3 rings (SSSR count). The third-order valence-electron chi connectivity index (χ3n) is 4.50. The SMILES string of the molecule is CC(C)(C)OC(=O)NCCC(=O)Oc1cc2oc(=O)c3c(c2cc1Cl)CCCC3. The van der Waals surface area contributed by atoms with E-state index in [1.54, 1.807) is 26.8 Å². The van der Waals surface area contributed by atoms with Gasteiger partial charge in [-0.05, 0) is 58.1 Å². The molecule has 2 aromatic rings. The average Bonchev–Trinajstić information content (AvgIpc) is 2.62. The average molecular weight is 422 g/mol. The van der Waals surface area contributed by atoms with Crippen LogP contribution in [0.2, 0.25) is 5.02 Å². The Bertz CT molecular complexity index is 1000. The van der Waals surface area contributed by atoms with Crippen LogP contribution < -0.4 is 15.7 Å². The van der Waals surface area contributed by atoms with Gasteiger partial charge in [0.15, 0.2) is 5.75 Å². The van der Waals surface area contributed by atoms with Crippen molar-refractivity contribution >= 4 is 34.6 Å². The molecule has 0 bridgehead atoms. The van der Waals surface area contributed by atoms with Crippen LogP contribution in [0.3, 0.4) is 0 Å². The Morgan fingerprint density at radius 2 is 1.86 bits per heavy atom. The first kappa shape index (κ1) is 21.2. The van der Waals surface area contributed by atoms with E-state index in [4.69, 9.17) is 25.5 Å². The first-order chi connectivity index (χ1) is 13.6. The number of amides is 1. The van der Waals surface area contributed by atoms with Gasteiger partial charge in [0.1, 0.15) is 11.2 Å². The molecule has 1 aromatic carbocycles. The van der Waals surface area contributed by atoms with Crippen LogP contribution in [0.4, 0.5) is 4.79 Å². The summed E-state index contributed by atoms with van der Waals surface area (Å²) in [5.41, 5.74) is 1.04. The lowest BCUT2D eigenvalue weighted by molar-refractivity contribution is -0.134. The van der Waals surface area contributed by atoms with Crippen molar-refractivity contribution in [2.45, 2.75) is 58.5 Å². The molecule has 0 atom stereocenters. The third kappa shape index (κ3) is 5.29. The second-order valence-corrected chi connectivity index (χ2v) is 8.39. The number of benzene rings is 1. The zero-order valence-electron chi connectivity index (χ0n) is 16.7. The first-order valence-electron chi connectivity index (χ1n) is 9.60. The Morgan fingerprint density at radius 3 is 2.55 bits per heavy atom. The van der Waals surface area contributed by atoms with Crippen molar-refractivity contribution in [2.75, 3.05) is 6.54 Å². The Kier molecular flexibility index (Phi) is 6.17. The number of aryl methyl sites for hydroxylation is 1. The molecule has 0 spiro atoms. The lowest BCUT2D eigenvalue weighted by atomic mass is 9.91. The molecule has 1 aliphatic carbocycles. The number of carbonyl (C=O) groups excluding carboxylic acids is 2. The van der Waals surface area contributed by atoms with Crippen molar-refractivity contribution in [3.05, 3.63) is 38.7 Å². The van der Waals surface area contributed by atoms with Gasteiger partial charge in [0.2, 0.25) is 0 Å². The standard InChI is InChI=1S/C21H24ClNO6/c1-21(2,3)29-20(26)23-9-8-18(24)27-17-11-16-14(10-15(17)22)12-6-4-5-7-13(12)19(25)28-16/h10-11H,4-9H2,1-3H3,(H,23,26). The topological polar surface area (TPSA) is 94.8 Å². The number of fused-ring (bicyclic) bond motifs is 3. The Labute approximate surface area is 173 Å². The number of ether oxygens (including phenoxy) is 2. The van der Waals surface area contributed by atoms with Crippen molar-refractivity contribution < 1.29 is 23.5 Å². The molecule has 1 amide bonds. The molecule has 7 nitrogen and oxygen atoms in total. The summed E-state index contributed by atoms with van der Waals surface area (Å²) in [6.45, 7) is 5.30. The Morgan fingerprint density at radius 1 is 1.17 bits per heavy atom. The maximum absolute atomic E-state index is 12.2. The fourth-order valence-corrected chi connectivity index (χ4v) is 3.48. The quantitative estimate of drug-likeness (QED) is 0.452. The number of alkyl carbamates (subject to hydrolysis) is 1. The van der Waals surface area contributed by atoms with Crippen molar-refractivity contribution in [1.29, 1.82) is 0 Å². The minimum Gasteiger partial charge on any atom is -0.444 e. The second-order valence-electron chi connectivity index (χ2n) is 7.99. The summed E-state index contributed by atoms with van der Waals surface area (Å²) < 4.78 is 15.8. The molecule has 0 saturated carbocycles. The molecule has 8 heteroatoms. The fraction of sp³-hybridized carbons (Fsp3) is 0.476. The molecular weight excluding hydrogens is 398 g/mol. The first-order valence-corrected chi connectivity index (χ1v) is 9.97. The van der Waals surface area contributed by atoms with Crippen molar-refractivity contribution in [2.24, 2.45) is 0 Å². The monoisotopic (exact) mass is 421 g/mol. The maximum Gasteiger partial charge on any atom is 0.407 e. The van der Waals surface area contributed by atoms with E-state index in [0.29, 0.717) is 17.6 Å². The van der Waals surface area contributed by atoms with Gasteiger partial charge in [0.25, 0.3) is 0 Å². The highest BCUT2D eigenvalue weighted by Crippen LogP contribution is 2.34. The smallest absolute Gasteiger partial charge is 0.407 e. The highest BCUT2D eigenvalue weighted by Gasteiger charge is 2.20. The van der Waals surface area contributed by atoms with Crippen LogP contribution in [0.1, 0.15) is 51.2 Å². The summed E-state index contributed by atoms with van der Waals surface area (Å²) in [6, 6.07) is 3.14. The number of carbonyl (C=O) groups is 2. The van der Waals surface area contributed by atoms with E-state index in [2.05, 4.69) is 5.32 Å².